The Morgan fingerprint density at radius 1 is 1.25 bits per heavy atom. The number of benzene rings is 2. The van der Waals surface area contributed by atoms with Crippen LogP contribution in [-0.4, -0.2) is 22.7 Å². The van der Waals surface area contributed by atoms with Gasteiger partial charge in [-0.3, -0.25) is 14.6 Å². The summed E-state index contributed by atoms with van der Waals surface area (Å²) in [6.07, 6.45) is -0.140. The van der Waals surface area contributed by atoms with Crippen molar-refractivity contribution in [2.75, 3.05) is 6.61 Å². The van der Waals surface area contributed by atoms with Crippen LogP contribution in [0.4, 0.5) is 0 Å². The molecule has 0 saturated carbocycles. The predicted molar refractivity (Wildman–Crippen MR) is 107 cm³/mol. The Morgan fingerprint density at radius 2 is 2.00 bits per heavy atom. The number of carbonyl (C=O) groups excluding carboxylic acids is 1. The first-order chi connectivity index (χ1) is 13.4. The van der Waals surface area contributed by atoms with Gasteiger partial charge >= 0.3 is 10.8 Å². The maximum atomic E-state index is 11.4. The van der Waals surface area contributed by atoms with Gasteiger partial charge in [0.2, 0.25) is 5.88 Å². The van der Waals surface area contributed by atoms with Crippen molar-refractivity contribution in [2.45, 2.75) is 19.4 Å². The first-order valence-electron chi connectivity index (χ1n) is 8.46. The van der Waals surface area contributed by atoms with Gasteiger partial charge in [-0.1, -0.05) is 47.2 Å². The topological polar surface area (TPSA) is 88.6 Å². The smallest absolute Gasteiger partial charge is 0.307 e. The number of carbonyl (C=O) groups is 1. The van der Waals surface area contributed by atoms with Gasteiger partial charge in [-0.2, -0.15) is 0 Å². The third kappa shape index (κ3) is 5.37. The van der Waals surface area contributed by atoms with Crippen LogP contribution in [0.25, 0.3) is 0 Å². The minimum absolute atomic E-state index is 0.0962. The number of nitrogens with one attached hydrogen (secondary N) is 1. The van der Waals surface area contributed by atoms with Crippen LogP contribution in [0.15, 0.2) is 53.3 Å². The van der Waals surface area contributed by atoms with Crippen LogP contribution in [-0.2, 0) is 16.0 Å². The molecule has 0 aliphatic carbocycles. The van der Waals surface area contributed by atoms with Gasteiger partial charge < -0.3 is 14.6 Å². The van der Waals surface area contributed by atoms with Gasteiger partial charge in [0.25, 0.3) is 0 Å². The number of aromatic hydroxyl groups is 1. The predicted octanol–water partition coefficient (Wildman–Crippen LogP) is 4.07. The zero-order valence-corrected chi connectivity index (χ0v) is 16.5. The SMILES string of the molecule is CC(=O)OC(COc1ccc(Cc2sc(=O)[nH]c2O)cc1)c1cccc(Cl)c1. The largest absolute Gasteiger partial charge is 0.494 e. The van der Waals surface area contributed by atoms with E-state index in [0.29, 0.717) is 22.1 Å². The summed E-state index contributed by atoms with van der Waals surface area (Å²) in [5.74, 6) is 0.102. The fourth-order valence-corrected chi connectivity index (χ4v) is 3.60. The maximum Gasteiger partial charge on any atom is 0.307 e. The molecular formula is C20H18ClNO5S. The van der Waals surface area contributed by atoms with E-state index in [-0.39, 0.29) is 17.4 Å². The monoisotopic (exact) mass is 419 g/mol. The average Bonchev–Trinajstić information content (AvgIpc) is 2.96. The van der Waals surface area contributed by atoms with Gasteiger partial charge in [-0.05, 0) is 35.4 Å². The highest BCUT2D eigenvalue weighted by molar-refractivity contribution is 7.09. The molecule has 0 aliphatic rings. The van der Waals surface area contributed by atoms with Crippen LogP contribution in [0.5, 0.6) is 11.6 Å². The minimum atomic E-state index is -0.579. The summed E-state index contributed by atoms with van der Waals surface area (Å²) < 4.78 is 11.1. The normalized spacial score (nSPS) is 11.8. The van der Waals surface area contributed by atoms with Crippen LogP contribution in [0.3, 0.4) is 0 Å². The molecule has 146 valence electrons. The molecule has 1 heterocycles. The molecule has 1 aromatic heterocycles. The summed E-state index contributed by atoms with van der Waals surface area (Å²) in [7, 11) is 0. The van der Waals surface area contributed by atoms with E-state index in [2.05, 4.69) is 4.98 Å². The van der Waals surface area contributed by atoms with Crippen molar-refractivity contribution >= 4 is 28.9 Å². The van der Waals surface area contributed by atoms with E-state index in [4.69, 9.17) is 21.1 Å². The van der Waals surface area contributed by atoms with Gasteiger partial charge in [0.15, 0.2) is 6.10 Å². The van der Waals surface area contributed by atoms with Crippen LogP contribution in [0.1, 0.15) is 29.0 Å². The van der Waals surface area contributed by atoms with E-state index in [0.717, 1.165) is 22.5 Å². The third-order valence-corrected chi connectivity index (χ3v) is 5.03. The number of H-pyrrole nitrogens is 1. The van der Waals surface area contributed by atoms with E-state index in [1.165, 1.54) is 6.92 Å². The summed E-state index contributed by atoms with van der Waals surface area (Å²) in [6, 6.07) is 14.3. The summed E-state index contributed by atoms with van der Waals surface area (Å²) in [5.41, 5.74) is 1.67. The van der Waals surface area contributed by atoms with Crippen molar-refractivity contribution in [2.24, 2.45) is 0 Å². The number of esters is 1. The number of ether oxygens (including phenoxy) is 2. The van der Waals surface area contributed by atoms with Gasteiger partial charge in [0.05, 0.1) is 4.88 Å². The molecule has 2 aromatic carbocycles. The molecular weight excluding hydrogens is 402 g/mol. The van der Waals surface area contributed by atoms with Crippen LogP contribution in [0.2, 0.25) is 5.02 Å². The van der Waals surface area contributed by atoms with Gasteiger partial charge in [-0.25, -0.2) is 0 Å². The van der Waals surface area contributed by atoms with Crippen molar-refractivity contribution in [3.8, 4) is 11.6 Å². The Morgan fingerprint density at radius 3 is 2.61 bits per heavy atom. The molecule has 0 amide bonds. The molecule has 3 aromatic rings. The van der Waals surface area contributed by atoms with E-state index < -0.39 is 12.1 Å². The zero-order valence-electron chi connectivity index (χ0n) is 15.0. The van der Waals surface area contributed by atoms with Crippen LogP contribution < -0.4 is 9.61 Å². The Balaban J connectivity index is 1.65. The van der Waals surface area contributed by atoms with Crippen molar-refractivity contribution in [1.82, 2.24) is 4.98 Å². The van der Waals surface area contributed by atoms with E-state index in [1.54, 1.807) is 30.3 Å². The molecule has 2 N–H and O–H groups in total. The Kier molecular flexibility index (Phi) is 6.38. The number of aromatic nitrogens is 1. The lowest BCUT2D eigenvalue weighted by molar-refractivity contribution is -0.148. The van der Waals surface area contributed by atoms with Crippen molar-refractivity contribution in [3.63, 3.8) is 0 Å². The fraction of sp³-hybridized carbons (Fsp3) is 0.200. The van der Waals surface area contributed by atoms with Crippen molar-refractivity contribution in [1.29, 1.82) is 0 Å². The van der Waals surface area contributed by atoms with Gasteiger partial charge in [-0.15, -0.1) is 0 Å². The molecule has 0 radical (unpaired) electrons. The molecule has 3 rings (SSSR count). The zero-order chi connectivity index (χ0) is 20.1. The first kappa shape index (κ1) is 20.0. The molecule has 0 spiro atoms. The summed E-state index contributed by atoms with van der Waals surface area (Å²) >= 11 is 7.00. The van der Waals surface area contributed by atoms with Gasteiger partial charge in [0, 0.05) is 18.4 Å². The van der Waals surface area contributed by atoms with Crippen LogP contribution >= 0.6 is 22.9 Å². The van der Waals surface area contributed by atoms with E-state index >= 15 is 0 Å². The lowest BCUT2D eigenvalue weighted by atomic mass is 10.1. The Bertz CT molecular complexity index is 1010. The number of thiazole rings is 1. The first-order valence-corrected chi connectivity index (χ1v) is 9.65. The second-order valence-corrected chi connectivity index (χ2v) is 7.58. The van der Waals surface area contributed by atoms with Crippen molar-refractivity contribution in [3.05, 3.63) is 79.2 Å². The van der Waals surface area contributed by atoms with E-state index in [1.807, 2.05) is 18.2 Å². The number of aromatic amines is 1. The highest BCUT2D eigenvalue weighted by atomic mass is 35.5. The lowest BCUT2D eigenvalue weighted by Crippen LogP contribution is -2.16. The van der Waals surface area contributed by atoms with Crippen LogP contribution in [0, 0.1) is 0 Å². The average molecular weight is 420 g/mol. The molecule has 8 heteroatoms. The molecule has 0 saturated heterocycles. The summed E-state index contributed by atoms with van der Waals surface area (Å²) in [6.45, 7) is 1.48. The van der Waals surface area contributed by atoms with Gasteiger partial charge in [0.1, 0.15) is 12.4 Å². The number of hydrogen-bond donors (Lipinski definition) is 2. The number of hydrogen-bond acceptors (Lipinski definition) is 6. The molecule has 0 fully saturated rings. The maximum absolute atomic E-state index is 11.4. The second-order valence-electron chi connectivity index (χ2n) is 6.07. The lowest BCUT2D eigenvalue weighted by Gasteiger charge is -2.18. The molecule has 1 unspecified atom stereocenters. The van der Waals surface area contributed by atoms with E-state index in [9.17, 15) is 14.7 Å². The molecule has 6 nitrogen and oxygen atoms in total. The molecule has 28 heavy (non-hydrogen) atoms. The molecule has 0 aliphatic heterocycles. The third-order valence-electron chi connectivity index (χ3n) is 3.92. The number of halogens is 1. The standard InChI is InChI=1S/C20H18ClNO5S/c1-12(23)27-17(14-3-2-4-15(21)10-14)11-26-16-7-5-13(6-8-16)9-18-19(24)22-20(25)28-18/h2-8,10,17,24H,9,11H2,1H3,(H,22,25). The van der Waals surface area contributed by atoms with Crippen molar-refractivity contribution < 1.29 is 19.4 Å². The quantitative estimate of drug-likeness (QED) is 0.563. The molecule has 0 bridgehead atoms. The highest BCUT2D eigenvalue weighted by Crippen LogP contribution is 2.24. The minimum Gasteiger partial charge on any atom is -0.494 e. The number of rotatable bonds is 7. The summed E-state index contributed by atoms with van der Waals surface area (Å²) in [5, 5.41) is 10.2. The summed E-state index contributed by atoms with van der Waals surface area (Å²) in [4.78, 5) is 25.3. The second kappa shape index (κ2) is 8.95. The highest BCUT2D eigenvalue weighted by Gasteiger charge is 2.16. The Hall–Kier alpha value is -2.77. The Labute approximate surface area is 170 Å². The fourth-order valence-electron chi connectivity index (χ4n) is 2.64. The molecule has 1 atom stereocenters.